The fraction of sp³-hybridized carbons (Fsp3) is 0. The zero-order valence-corrected chi connectivity index (χ0v) is 26.7. The van der Waals surface area contributed by atoms with E-state index < -0.39 is 0 Å². The maximum Gasteiger partial charge on any atom is 0.161 e. The molecule has 0 N–H and O–H groups in total. The largest absolute Gasteiger partial charge is 0.309 e. The van der Waals surface area contributed by atoms with Crippen molar-refractivity contribution in [3.05, 3.63) is 164 Å². The highest BCUT2D eigenvalue weighted by molar-refractivity contribution is 7.25. The molecule has 3 nitrogen and oxygen atoms in total. The molecule has 0 aliphatic carbocycles. The van der Waals surface area contributed by atoms with E-state index in [-0.39, 0.29) is 0 Å². The summed E-state index contributed by atoms with van der Waals surface area (Å²) >= 11 is 1.73. The quantitative estimate of drug-likeness (QED) is 0.194. The van der Waals surface area contributed by atoms with Crippen LogP contribution < -0.4 is 0 Å². The lowest BCUT2D eigenvalue weighted by Gasteiger charge is -2.10. The van der Waals surface area contributed by atoms with Crippen molar-refractivity contribution in [3.8, 4) is 39.5 Å². The molecule has 0 amide bonds. The van der Waals surface area contributed by atoms with E-state index in [1.54, 1.807) is 11.3 Å². The summed E-state index contributed by atoms with van der Waals surface area (Å²) in [5.41, 5.74) is 8.96. The number of aromatic nitrogens is 3. The van der Waals surface area contributed by atoms with Crippen molar-refractivity contribution in [3.63, 3.8) is 0 Å². The minimum atomic E-state index is 0.739. The monoisotopic (exact) mass is 629 g/mol. The van der Waals surface area contributed by atoms with Crippen LogP contribution >= 0.6 is 11.3 Å². The first-order valence-corrected chi connectivity index (χ1v) is 17.0. The van der Waals surface area contributed by atoms with Gasteiger partial charge in [0.1, 0.15) is 4.83 Å². The maximum atomic E-state index is 5.25. The third-order valence-electron chi connectivity index (χ3n) is 9.41. The Bertz CT molecular complexity index is 2830. The van der Waals surface area contributed by atoms with Crippen molar-refractivity contribution in [1.29, 1.82) is 0 Å². The average Bonchev–Trinajstić information content (AvgIpc) is 3.71. The number of rotatable bonds is 4. The van der Waals surface area contributed by atoms with Crippen LogP contribution in [0, 0.1) is 0 Å². The molecular formula is C44H27N3S. The molecule has 10 rings (SSSR count). The van der Waals surface area contributed by atoms with E-state index in [4.69, 9.17) is 9.97 Å². The Morgan fingerprint density at radius 1 is 0.458 bits per heavy atom. The fourth-order valence-corrected chi connectivity index (χ4v) is 8.28. The van der Waals surface area contributed by atoms with Gasteiger partial charge in [-0.05, 0) is 52.9 Å². The minimum absolute atomic E-state index is 0.739. The molecule has 4 heteroatoms. The fourth-order valence-electron chi connectivity index (χ4n) is 7.20. The maximum absolute atomic E-state index is 5.25. The Morgan fingerprint density at radius 3 is 2.04 bits per heavy atom. The molecule has 0 saturated carbocycles. The van der Waals surface area contributed by atoms with Crippen LogP contribution in [-0.4, -0.2) is 14.5 Å². The molecule has 0 bridgehead atoms. The highest BCUT2D eigenvalue weighted by Gasteiger charge is 2.18. The number of thiophene rings is 1. The van der Waals surface area contributed by atoms with Crippen LogP contribution in [0.3, 0.4) is 0 Å². The molecule has 0 radical (unpaired) electrons. The van der Waals surface area contributed by atoms with E-state index >= 15 is 0 Å². The lowest BCUT2D eigenvalue weighted by molar-refractivity contribution is 1.19. The van der Waals surface area contributed by atoms with E-state index in [1.807, 2.05) is 0 Å². The van der Waals surface area contributed by atoms with Crippen molar-refractivity contribution < 1.29 is 0 Å². The molecule has 3 aromatic heterocycles. The van der Waals surface area contributed by atoms with Gasteiger partial charge >= 0.3 is 0 Å². The molecule has 0 atom stereocenters. The first-order valence-electron chi connectivity index (χ1n) is 16.2. The zero-order valence-electron chi connectivity index (χ0n) is 25.8. The predicted molar refractivity (Wildman–Crippen MR) is 203 cm³/mol. The molecular weight excluding hydrogens is 603 g/mol. The van der Waals surface area contributed by atoms with Gasteiger partial charge in [-0.1, -0.05) is 127 Å². The first-order chi connectivity index (χ1) is 23.8. The lowest BCUT2D eigenvalue weighted by Crippen LogP contribution is -1.94. The smallest absolute Gasteiger partial charge is 0.161 e. The molecule has 3 heterocycles. The summed E-state index contributed by atoms with van der Waals surface area (Å²) in [5, 5.41) is 7.29. The summed E-state index contributed by atoms with van der Waals surface area (Å²) in [6.45, 7) is 0. The Labute approximate surface area is 281 Å². The molecule has 0 unspecified atom stereocenters. The summed E-state index contributed by atoms with van der Waals surface area (Å²) in [4.78, 5) is 11.4. The van der Waals surface area contributed by atoms with Gasteiger partial charge in [0.25, 0.3) is 0 Å². The molecule has 0 fully saturated rings. The SMILES string of the molecule is c1ccc(-c2nc(-c3cccc(-c4ccc5c(c4)c4ccc6ccccc6c4n5-c4ccccc4)c3)nc3sc4ccccc4c23)cc1. The summed E-state index contributed by atoms with van der Waals surface area (Å²) in [7, 11) is 0. The number of hydrogen-bond acceptors (Lipinski definition) is 3. The first kappa shape index (κ1) is 27.1. The van der Waals surface area contributed by atoms with Crippen molar-refractivity contribution >= 4 is 64.2 Å². The Kier molecular flexibility index (Phi) is 6.05. The second-order valence-corrected chi connectivity index (χ2v) is 13.2. The van der Waals surface area contributed by atoms with Crippen molar-refractivity contribution in [2.45, 2.75) is 0 Å². The molecule has 10 aromatic rings. The molecule has 7 aromatic carbocycles. The second-order valence-electron chi connectivity index (χ2n) is 12.2. The van der Waals surface area contributed by atoms with Crippen molar-refractivity contribution in [2.24, 2.45) is 0 Å². The second kappa shape index (κ2) is 10.7. The van der Waals surface area contributed by atoms with Crippen LogP contribution in [0.4, 0.5) is 0 Å². The van der Waals surface area contributed by atoms with Crippen LogP contribution in [-0.2, 0) is 0 Å². The van der Waals surface area contributed by atoms with Crippen LogP contribution in [0.2, 0.25) is 0 Å². The van der Waals surface area contributed by atoms with Gasteiger partial charge < -0.3 is 4.57 Å². The van der Waals surface area contributed by atoms with Gasteiger partial charge in [-0.3, -0.25) is 0 Å². The zero-order chi connectivity index (χ0) is 31.6. The van der Waals surface area contributed by atoms with Crippen molar-refractivity contribution in [2.75, 3.05) is 0 Å². The Hall–Kier alpha value is -6.10. The number of nitrogens with zero attached hydrogens (tertiary/aromatic N) is 3. The molecule has 0 saturated heterocycles. The number of hydrogen-bond donors (Lipinski definition) is 0. The molecule has 0 spiro atoms. The third kappa shape index (κ3) is 4.20. The van der Waals surface area contributed by atoms with Gasteiger partial charge in [-0.25, -0.2) is 9.97 Å². The van der Waals surface area contributed by atoms with E-state index in [0.717, 1.165) is 49.7 Å². The molecule has 224 valence electrons. The van der Waals surface area contributed by atoms with Gasteiger partial charge in [-0.15, -0.1) is 11.3 Å². The normalized spacial score (nSPS) is 11.8. The number of para-hydroxylation sites is 1. The van der Waals surface area contributed by atoms with Crippen LogP contribution in [0.1, 0.15) is 0 Å². The number of benzene rings is 7. The van der Waals surface area contributed by atoms with E-state index in [0.29, 0.717) is 0 Å². The Morgan fingerprint density at radius 2 is 1.17 bits per heavy atom. The topological polar surface area (TPSA) is 30.7 Å². The molecule has 48 heavy (non-hydrogen) atoms. The van der Waals surface area contributed by atoms with E-state index in [2.05, 4.69) is 168 Å². The summed E-state index contributed by atoms with van der Waals surface area (Å²) in [6.07, 6.45) is 0. The standard InChI is InChI=1S/C44H27N3S/c1-3-13-29(14-4-1)41-40-36-20-9-10-21-39(36)48-44(40)46-43(45-41)32-16-11-15-30(26-32)31-23-25-38-37(27-31)35-24-22-28-12-7-8-19-34(28)42(35)47(38)33-17-5-2-6-18-33/h1-27H. The summed E-state index contributed by atoms with van der Waals surface area (Å²) in [6, 6.07) is 58.4. The Balaban J connectivity index is 1.17. The van der Waals surface area contributed by atoms with Gasteiger partial charge in [0.05, 0.1) is 16.7 Å². The minimum Gasteiger partial charge on any atom is -0.309 e. The summed E-state index contributed by atoms with van der Waals surface area (Å²) < 4.78 is 3.63. The van der Waals surface area contributed by atoms with Gasteiger partial charge in [0, 0.05) is 48.4 Å². The van der Waals surface area contributed by atoms with Crippen LogP contribution in [0.25, 0.3) is 92.3 Å². The number of fused-ring (bicyclic) bond motifs is 8. The van der Waals surface area contributed by atoms with Crippen molar-refractivity contribution in [1.82, 2.24) is 14.5 Å². The van der Waals surface area contributed by atoms with Crippen LogP contribution in [0.5, 0.6) is 0 Å². The lowest BCUT2D eigenvalue weighted by atomic mass is 9.99. The summed E-state index contributed by atoms with van der Waals surface area (Å²) in [5.74, 6) is 0.739. The highest BCUT2D eigenvalue weighted by atomic mass is 32.1. The van der Waals surface area contributed by atoms with Gasteiger partial charge in [0.15, 0.2) is 5.82 Å². The molecule has 0 aliphatic heterocycles. The predicted octanol–water partition coefficient (Wildman–Crippen LogP) is 12.1. The average molecular weight is 630 g/mol. The van der Waals surface area contributed by atoms with Gasteiger partial charge in [0.2, 0.25) is 0 Å². The van der Waals surface area contributed by atoms with E-state index in [1.165, 1.54) is 42.7 Å². The van der Waals surface area contributed by atoms with Gasteiger partial charge in [-0.2, -0.15) is 0 Å². The van der Waals surface area contributed by atoms with Crippen LogP contribution in [0.15, 0.2) is 164 Å². The highest BCUT2D eigenvalue weighted by Crippen LogP contribution is 2.41. The third-order valence-corrected chi connectivity index (χ3v) is 10.5. The molecule has 0 aliphatic rings. The van der Waals surface area contributed by atoms with E-state index in [9.17, 15) is 0 Å².